The van der Waals surface area contributed by atoms with E-state index in [1.807, 2.05) is 17.4 Å². The molecule has 6 heterocycles. The van der Waals surface area contributed by atoms with E-state index in [9.17, 15) is 0 Å². The predicted molar refractivity (Wildman–Crippen MR) is 612 cm³/mol. The van der Waals surface area contributed by atoms with Crippen molar-refractivity contribution in [2.24, 2.45) is 0 Å². The molecule has 0 spiro atoms. The molecule has 6 aliphatic rings. The van der Waals surface area contributed by atoms with E-state index in [4.69, 9.17) is 18.8 Å². The van der Waals surface area contributed by atoms with Gasteiger partial charge in [-0.15, -0.1) is 22.7 Å². The summed E-state index contributed by atoms with van der Waals surface area (Å²) < 4.78 is 19.8. The van der Waals surface area contributed by atoms with Crippen LogP contribution in [0.15, 0.2) is 440 Å². The van der Waals surface area contributed by atoms with Crippen LogP contribution in [0.25, 0.3) is 255 Å². The van der Waals surface area contributed by atoms with Crippen LogP contribution in [0.5, 0.6) is 0 Å². The van der Waals surface area contributed by atoms with Gasteiger partial charge >= 0.3 is 0 Å². The Kier molecular flexibility index (Phi) is 18.0. The van der Waals surface area contributed by atoms with Gasteiger partial charge in [0.2, 0.25) is 5.95 Å². The molecule has 0 unspecified atom stereocenters. The summed E-state index contributed by atoms with van der Waals surface area (Å²) in [7, 11) is 0. The van der Waals surface area contributed by atoms with E-state index >= 15 is 0 Å². The summed E-state index contributed by atoms with van der Waals surface area (Å²) >= 11 is 3.70. The topological polar surface area (TPSA) is 57.0 Å². The smallest absolute Gasteiger partial charge is 0.235 e. The summed E-state index contributed by atoms with van der Waals surface area (Å²) in [6, 6.07) is 156. The van der Waals surface area contributed by atoms with Crippen LogP contribution < -0.4 is 0 Å². The molecule has 0 atom stereocenters. The molecule has 29 aromatic rings. The van der Waals surface area contributed by atoms with Crippen molar-refractivity contribution >= 4 is 193 Å². The minimum absolute atomic E-state index is 0.0811. The first kappa shape index (κ1) is 82.3. The van der Waals surface area contributed by atoms with Gasteiger partial charge in [0.15, 0.2) is 0 Å². The van der Waals surface area contributed by atoms with Gasteiger partial charge < -0.3 is 8.83 Å². The normalized spacial score (nSPS) is 13.2. The largest absolute Gasteiger partial charge is 0.456 e. The Balaban J connectivity index is 0.0000000854. The molecule has 6 aromatic heterocycles. The maximum atomic E-state index is 6.29. The molecule has 145 heavy (non-hydrogen) atoms. The average Bonchev–Trinajstić information content (AvgIpc) is 1.55. The van der Waals surface area contributed by atoms with Gasteiger partial charge in [-0.3, -0.25) is 4.57 Å². The van der Waals surface area contributed by atoms with Crippen LogP contribution in [-0.4, -0.2) is 14.5 Å². The molecule has 5 nitrogen and oxygen atoms in total. The first-order valence-corrected chi connectivity index (χ1v) is 52.1. The minimum Gasteiger partial charge on any atom is -0.456 e. The lowest BCUT2D eigenvalue weighted by atomic mass is 9.82. The Morgan fingerprint density at radius 1 is 0.241 bits per heavy atom. The third kappa shape index (κ3) is 12.5. The minimum atomic E-state index is 0.0811. The quantitative estimate of drug-likeness (QED) is 0.173. The molecule has 0 fully saturated rings. The fourth-order valence-corrected chi connectivity index (χ4v) is 28.2. The lowest BCUT2D eigenvalue weighted by molar-refractivity contribution is 0.660. The first-order chi connectivity index (χ1) is 71.6. The number of fused-ring (bicyclic) bond motifs is 47. The van der Waals surface area contributed by atoms with Crippen molar-refractivity contribution in [1.82, 2.24) is 14.5 Å². The van der Waals surface area contributed by atoms with Crippen molar-refractivity contribution < 1.29 is 8.83 Å². The third-order valence-electron chi connectivity index (χ3n) is 32.5. The number of aromatic nitrogens is 3. The van der Waals surface area contributed by atoms with E-state index < -0.39 is 0 Å². The van der Waals surface area contributed by atoms with E-state index in [2.05, 4.69) is 443 Å². The van der Waals surface area contributed by atoms with Crippen LogP contribution in [0.1, 0.15) is 80.6 Å². The van der Waals surface area contributed by atoms with E-state index in [1.165, 1.54) is 261 Å². The van der Waals surface area contributed by atoms with Gasteiger partial charge in [0.25, 0.3) is 0 Å². The number of furan rings is 2. The molecule has 6 aliphatic carbocycles. The predicted octanol–water partition coefficient (Wildman–Crippen LogP) is 37.6. The first-order valence-electron chi connectivity index (χ1n) is 50.5. The molecule has 0 saturated heterocycles. The second-order valence-electron chi connectivity index (χ2n) is 40.4. The van der Waals surface area contributed by atoms with Crippen molar-refractivity contribution in [3.63, 3.8) is 0 Å². The van der Waals surface area contributed by atoms with Crippen molar-refractivity contribution in [2.75, 3.05) is 0 Å². The zero-order valence-corrected chi connectivity index (χ0v) is 81.1. The maximum absolute atomic E-state index is 6.29. The molecule has 0 radical (unpaired) electrons. The average molecular weight is 1880 g/mol. The maximum Gasteiger partial charge on any atom is 0.235 e. The van der Waals surface area contributed by atoms with Crippen LogP contribution in [-0.2, 0) is 37.5 Å². The van der Waals surface area contributed by atoms with Gasteiger partial charge in [-0.05, 0) is 292 Å². The Morgan fingerprint density at radius 3 is 1.43 bits per heavy atom. The van der Waals surface area contributed by atoms with Crippen molar-refractivity contribution in [3.8, 4) is 84.0 Å². The molecular formula is C138H87N3O2S2. The third-order valence-corrected chi connectivity index (χ3v) is 34.8. The van der Waals surface area contributed by atoms with Gasteiger partial charge in [0, 0.05) is 78.9 Å². The van der Waals surface area contributed by atoms with E-state index in [0.717, 1.165) is 86.9 Å². The van der Waals surface area contributed by atoms with Crippen LogP contribution in [0, 0.1) is 0 Å². The Hall–Kier alpha value is -17.5. The summed E-state index contributed by atoms with van der Waals surface area (Å²) in [6.07, 6.45) is 4.99. The summed E-state index contributed by atoms with van der Waals surface area (Å²) in [5, 5.41) is 27.0. The SMILES string of the molecule is CC1(C)c2ccccc2-c2c1ccc1c2Cc2c-1ccc1ccccc21.c1ccc2c(c1)Cc1c-2ccc2c1c1c3ccccc3ccc1n2-c1nc(-c2cccc3ccccc23)c2sc3ccccc3c2n1.c1ccc2c(c1)Cc1c-2ccc2oc3c4ccccc4ccc3c12.c1ccc2c(c1)Cc1c-2ccc2sc3cc4ccccc4cc3c12.c1ccc2cc3c(cc2c1)Cc1c-3ccc2oc3ccccc3c12. The lowest BCUT2D eigenvalue weighted by Crippen LogP contribution is -2.14. The van der Waals surface area contributed by atoms with Crippen LogP contribution >= 0.6 is 22.7 Å². The van der Waals surface area contributed by atoms with Crippen molar-refractivity contribution in [3.05, 3.63) is 497 Å². The molecule has 23 aromatic carbocycles. The molecule has 0 amide bonds. The Bertz CT molecular complexity index is 10600. The fourth-order valence-electron chi connectivity index (χ4n) is 25.9. The zero-order chi connectivity index (χ0) is 95.1. The molecule has 0 N–H and O–H groups in total. The summed E-state index contributed by atoms with van der Waals surface area (Å²) in [5.41, 5.74) is 43.5. The Morgan fingerprint density at radius 2 is 0.710 bits per heavy atom. The van der Waals surface area contributed by atoms with Gasteiger partial charge in [0.1, 0.15) is 22.3 Å². The second kappa shape index (κ2) is 31.8. The zero-order valence-electron chi connectivity index (χ0n) is 79.5. The van der Waals surface area contributed by atoms with Crippen molar-refractivity contribution in [1.29, 1.82) is 0 Å². The van der Waals surface area contributed by atoms with E-state index in [0.29, 0.717) is 5.95 Å². The number of rotatable bonds is 2. The summed E-state index contributed by atoms with van der Waals surface area (Å²) in [6.45, 7) is 4.73. The van der Waals surface area contributed by atoms with Gasteiger partial charge in [0.05, 0.1) is 26.9 Å². The van der Waals surface area contributed by atoms with E-state index in [1.54, 1.807) is 11.3 Å². The highest BCUT2D eigenvalue weighted by Crippen LogP contribution is 2.57. The lowest BCUT2D eigenvalue weighted by Gasteiger charge is -2.21. The van der Waals surface area contributed by atoms with Crippen LogP contribution in [0.3, 0.4) is 0 Å². The molecule has 0 bridgehead atoms. The van der Waals surface area contributed by atoms with Crippen LogP contribution in [0.4, 0.5) is 0 Å². The number of para-hydroxylation sites is 1. The summed E-state index contributed by atoms with van der Waals surface area (Å²) in [4.78, 5) is 11.0. The molecule has 35 rings (SSSR count). The number of nitrogens with zero attached hydrogens (tertiary/aromatic N) is 3. The highest BCUT2D eigenvalue weighted by atomic mass is 32.1. The standard InChI is InChI=1S/C43H25N3S.C26H20.2C23H14O.C23H14S/c1-4-14-28-25(10-1)13-9-18-32(28)40-42-41(33-17-7-8-19-37(33)47-42)45-43(44-40)46-35-22-20-26-11-2-6-16-30(26)38(35)39-34-24-27-12-3-5-15-29(27)31(34)21-23-36(39)46;1-26(2)23-10-6-5-9-20(23)25-22-15-21-17-8-4-3-7-16(17)11-12-18(21)19(22)13-14-24(25)26;1-4-8-17-14(5-1)9-10-19-22-20-13-15-6-2-3-7-16(15)18(20)11-12-21(22)24-23(17)19;1-2-6-15-12-19-16(11-14(15)5-1)13-20-17(19)9-10-22-23(20)18-7-3-4-8-21(18)24-22;1-2-6-15-13-22-20(11-14(15)5-1)23-19-12-16-7-3-4-8-17(16)18(19)9-10-21(23)24-22/h1-23H,24H2;3-14H,15H2,1-2H3;2*1-12H,13H2;1-11,13H,12H2. The molecule has 678 valence electrons. The fraction of sp³-hybridized carbons (Fsp3) is 0.0580. The monoisotopic (exact) mass is 1880 g/mol. The number of thiophene rings is 2. The van der Waals surface area contributed by atoms with Gasteiger partial charge in [-0.2, -0.15) is 0 Å². The number of hydrogen-bond donors (Lipinski definition) is 0. The molecule has 7 heteroatoms. The number of benzene rings is 23. The second-order valence-corrected chi connectivity index (χ2v) is 42.6. The Labute approximate surface area is 843 Å². The highest BCUT2D eigenvalue weighted by molar-refractivity contribution is 7.26. The number of hydrogen-bond acceptors (Lipinski definition) is 6. The van der Waals surface area contributed by atoms with Gasteiger partial charge in [-0.25, -0.2) is 9.97 Å². The summed E-state index contributed by atoms with van der Waals surface area (Å²) in [5.74, 6) is 0.703. The molecule has 0 saturated carbocycles. The highest BCUT2D eigenvalue weighted by Gasteiger charge is 2.40. The van der Waals surface area contributed by atoms with Crippen molar-refractivity contribution in [2.45, 2.75) is 51.4 Å². The molecular weight excluding hydrogens is 1800 g/mol. The van der Waals surface area contributed by atoms with Crippen LogP contribution in [0.2, 0.25) is 0 Å². The van der Waals surface area contributed by atoms with Gasteiger partial charge in [-0.1, -0.05) is 378 Å². The van der Waals surface area contributed by atoms with E-state index in [-0.39, 0.29) is 5.41 Å². The molecule has 0 aliphatic heterocycles.